The molecule has 0 spiro atoms. The lowest BCUT2D eigenvalue weighted by molar-refractivity contribution is -0.158. The maximum Gasteiger partial charge on any atom is 0.343 e. The van der Waals surface area contributed by atoms with Gasteiger partial charge in [-0.1, -0.05) is 99.3 Å². The van der Waals surface area contributed by atoms with Crippen LogP contribution in [0.4, 0.5) is 0 Å². The minimum absolute atomic E-state index is 0.321. The lowest BCUT2D eigenvalue weighted by atomic mass is 9.68. The van der Waals surface area contributed by atoms with Crippen LogP contribution in [0.1, 0.15) is 88.4 Å². The topological polar surface area (TPSA) is 124 Å². The molecule has 10 heteroatoms. The van der Waals surface area contributed by atoms with Gasteiger partial charge in [0.25, 0.3) is 0 Å². The molecule has 65 heavy (non-hydrogen) atoms. The van der Waals surface area contributed by atoms with Crippen LogP contribution < -0.4 is 18.9 Å². The average Bonchev–Trinajstić information content (AvgIpc) is 3.64. The zero-order valence-electron chi connectivity index (χ0n) is 36.2. The van der Waals surface area contributed by atoms with Gasteiger partial charge in [0.1, 0.15) is 23.0 Å². The molecule has 1 aliphatic carbocycles. The van der Waals surface area contributed by atoms with Crippen LogP contribution in [0.5, 0.6) is 23.0 Å². The van der Waals surface area contributed by atoms with Crippen LogP contribution in [-0.2, 0) is 24.5 Å². The Hall–Kier alpha value is -7.72. The van der Waals surface area contributed by atoms with E-state index in [1.54, 1.807) is 72.8 Å². The summed E-state index contributed by atoms with van der Waals surface area (Å²) in [7, 11) is 0. The summed E-state index contributed by atoms with van der Waals surface area (Å²) in [5.41, 5.74) is 6.25. The highest BCUT2D eigenvalue weighted by molar-refractivity contribution is 5.92. The smallest absolute Gasteiger partial charge is 0.343 e. The van der Waals surface area contributed by atoms with Crippen LogP contribution in [0.25, 0.3) is 11.1 Å². The number of unbranched alkanes of at least 4 members (excludes halogenated alkanes) is 3. The molecular formula is C55H50O10. The van der Waals surface area contributed by atoms with Crippen molar-refractivity contribution in [1.29, 1.82) is 0 Å². The van der Waals surface area contributed by atoms with Crippen molar-refractivity contribution < 1.29 is 47.6 Å². The molecule has 1 aliphatic rings. The summed E-state index contributed by atoms with van der Waals surface area (Å²) in [6.45, 7) is 9.72. The average molecular weight is 871 g/mol. The number of benzene rings is 6. The summed E-state index contributed by atoms with van der Waals surface area (Å²) in [6.07, 6.45) is 6.07. The van der Waals surface area contributed by atoms with Gasteiger partial charge in [-0.05, 0) is 132 Å². The first-order valence-electron chi connectivity index (χ1n) is 21.7. The van der Waals surface area contributed by atoms with Gasteiger partial charge < -0.3 is 28.4 Å². The monoisotopic (exact) mass is 870 g/mol. The molecule has 0 heterocycles. The first-order valence-corrected chi connectivity index (χ1v) is 21.7. The van der Waals surface area contributed by atoms with E-state index in [2.05, 4.69) is 37.4 Å². The third-order valence-electron chi connectivity index (χ3n) is 11.1. The number of hydrogen-bond donors (Lipinski definition) is 0. The van der Waals surface area contributed by atoms with E-state index in [0.29, 0.717) is 53.8 Å². The van der Waals surface area contributed by atoms with Gasteiger partial charge in [0.15, 0.2) is 0 Å². The zero-order valence-corrected chi connectivity index (χ0v) is 36.2. The maximum atomic E-state index is 13.3. The van der Waals surface area contributed by atoms with Crippen LogP contribution in [0.15, 0.2) is 171 Å². The summed E-state index contributed by atoms with van der Waals surface area (Å²) in [5.74, 6) is -0.195. The Bertz CT molecular complexity index is 2570. The van der Waals surface area contributed by atoms with E-state index >= 15 is 0 Å². The van der Waals surface area contributed by atoms with Crippen LogP contribution in [-0.4, -0.2) is 43.4 Å². The van der Waals surface area contributed by atoms with Gasteiger partial charge in [-0.15, -0.1) is 0 Å². The highest BCUT2D eigenvalue weighted by Gasteiger charge is 2.46. The molecule has 1 unspecified atom stereocenters. The fourth-order valence-electron chi connectivity index (χ4n) is 7.90. The Morgan fingerprint density at radius 2 is 1.02 bits per heavy atom. The fourth-order valence-corrected chi connectivity index (χ4v) is 7.90. The number of fused-ring (bicyclic) bond motifs is 3. The van der Waals surface area contributed by atoms with E-state index in [9.17, 15) is 19.2 Å². The predicted molar refractivity (Wildman–Crippen MR) is 247 cm³/mol. The van der Waals surface area contributed by atoms with E-state index in [4.69, 9.17) is 28.4 Å². The Labute approximate surface area is 379 Å². The molecule has 0 aliphatic heterocycles. The molecule has 0 N–H and O–H groups in total. The molecule has 1 atom stereocenters. The van der Waals surface area contributed by atoms with Crippen molar-refractivity contribution in [1.82, 2.24) is 0 Å². The van der Waals surface area contributed by atoms with Gasteiger partial charge in [-0.3, -0.25) is 0 Å². The summed E-state index contributed by atoms with van der Waals surface area (Å²) in [6, 6.07) is 45.1. The summed E-state index contributed by atoms with van der Waals surface area (Å²) in [4.78, 5) is 49.6. The molecule has 0 bridgehead atoms. The van der Waals surface area contributed by atoms with Crippen LogP contribution in [0.2, 0.25) is 0 Å². The first kappa shape index (κ1) is 45.3. The van der Waals surface area contributed by atoms with Crippen molar-refractivity contribution in [3.05, 3.63) is 204 Å². The second-order valence-electron chi connectivity index (χ2n) is 15.3. The first-order chi connectivity index (χ1) is 31.7. The van der Waals surface area contributed by atoms with Gasteiger partial charge in [0.2, 0.25) is 6.29 Å². The molecule has 0 aromatic heterocycles. The number of esters is 4. The molecule has 0 amide bonds. The second kappa shape index (κ2) is 21.6. The molecule has 0 radical (unpaired) electrons. The van der Waals surface area contributed by atoms with E-state index in [-0.39, 0.29) is 0 Å². The van der Waals surface area contributed by atoms with Gasteiger partial charge in [0, 0.05) is 18.6 Å². The quantitative estimate of drug-likeness (QED) is 0.0227. The van der Waals surface area contributed by atoms with Crippen molar-refractivity contribution in [2.45, 2.75) is 57.2 Å². The lowest BCUT2D eigenvalue weighted by Gasteiger charge is -2.34. The Kier molecular flexibility index (Phi) is 15.0. The minimum atomic E-state index is -0.775. The van der Waals surface area contributed by atoms with E-state index < -0.39 is 35.6 Å². The van der Waals surface area contributed by atoms with Crippen molar-refractivity contribution in [3.63, 3.8) is 0 Å². The Morgan fingerprint density at radius 3 is 1.52 bits per heavy atom. The van der Waals surface area contributed by atoms with Crippen molar-refractivity contribution >= 4 is 23.9 Å². The predicted octanol–water partition coefficient (Wildman–Crippen LogP) is 11.4. The fraction of sp³-hybridized carbons (Fsp3) is 0.200. The second-order valence-corrected chi connectivity index (χ2v) is 15.3. The SMILES string of the molecule is C=CC(=O)OCCCCCOc1ccc(C(=O)Oc2ccc(C3(c4ccc(OC(=O)c5ccc(OC(CCCC)OC(=O)C=C)cc5)cc4)c4ccccc4-c4ccccc43)cc2)cc1. The molecule has 0 saturated carbocycles. The molecule has 6 aromatic carbocycles. The van der Waals surface area contributed by atoms with Gasteiger partial charge in [-0.25, -0.2) is 19.2 Å². The third kappa shape index (κ3) is 10.7. The Morgan fingerprint density at radius 1 is 0.538 bits per heavy atom. The summed E-state index contributed by atoms with van der Waals surface area (Å²) in [5, 5.41) is 0. The third-order valence-corrected chi connectivity index (χ3v) is 11.1. The number of rotatable bonds is 21. The van der Waals surface area contributed by atoms with E-state index in [1.807, 2.05) is 55.5 Å². The maximum absolute atomic E-state index is 13.3. The summed E-state index contributed by atoms with van der Waals surface area (Å²) < 4.78 is 33.7. The van der Waals surface area contributed by atoms with Gasteiger partial charge in [0.05, 0.1) is 29.8 Å². The minimum Gasteiger partial charge on any atom is -0.494 e. The molecule has 0 saturated heterocycles. The van der Waals surface area contributed by atoms with E-state index in [1.165, 1.54) is 0 Å². The number of ether oxygens (including phenoxy) is 6. The highest BCUT2D eigenvalue weighted by Crippen LogP contribution is 2.56. The normalized spacial score (nSPS) is 12.4. The zero-order chi connectivity index (χ0) is 45.6. The van der Waals surface area contributed by atoms with Gasteiger partial charge >= 0.3 is 23.9 Å². The number of carbonyl (C=O) groups excluding carboxylic acids is 4. The van der Waals surface area contributed by atoms with Crippen molar-refractivity contribution in [2.24, 2.45) is 0 Å². The van der Waals surface area contributed by atoms with E-state index in [0.717, 1.165) is 77.6 Å². The number of hydrogen-bond acceptors (Lipinski definition) is 10. The van der Waals surface area contributed by atoms with Crippen LogP contribution in [0, 0.1) is 0 Å². The molecular weight excluding hydrogens is 821 g/mol. The van der Waals surface area contributed by atoms with Gasteiger partial charge in [-0.2, -0.15) is 0 Å². The largest absolute Gasteiger partial charge is 0.494 e. The van der Waals surface area contributed by atoms with Crippen LogP contribution >= 0.6 is 0 Å². The highest BCUT2D eigenvalue weighted by atomic mass is 16.7. The lowest BCUT2D eigenvalue weighted by Crippen LogP contribution is -2.28. The Balaban J connectivity index is 1.05. The van der Waals surface area contributed by atoms with Crippen LogP contribution in [0.3, 0.4) is 0 Å². The molecule has 330 valence electrons. The number of carbonyl (C=O) groups is 4. The molecule has 7 rings (SSSR count). The molecule has 10 nitrogen and oxygen atoms in total. The van der Waals surface area contributed by atoms with Crippen molar-refractivity contribution in [3.8, 4) is 34.1 Å². The summed E-state index contributed by atoms with van der Waals surface area (Å²) >= 11 is 0. The molecule has 0 fully saturated rings. The van der Waals surface area contributed by atoms with Crippen molar-refractivity contribution in [2.75, 3.05) is 13.2 Å². The standard InChI is InChI=1S/C55H50O10/c1-4-7-19-52(65-51(57)6-3)62-43-30-22-39(23-31-43)54(59)64-45-34-26-41(27-35-45)55(48-17-11-9-15-46(48)47-16-10-12-18-49(47)55)40-24-32-44(33-25-40)63-53(58)38-20-28-42(29-21-38)60-36-13-8-14-37-61-50(56)5-2/h5-6,9-12,15-18,20-35,52H,2-4,7-8,13-14,19,36-37H2,1H3. The molecule has 6 aromatic rings.